The molecule has 2 fully saturated rings. The van der Waals surface area contributed by atoms with E-state index in [4.69, 9.17) is 49.4 Å². The van der Waals surface area contributed by atoms with Gasteiger partial charge in [-0.2, -0.15) is 15.3 Å². The summed E-state index contributed by atoms with van der Waals surface area (Å²) in [5.41, 5.74) is 16.6. The van der Waals surface area contributed by atoms with Crippen LogP contribution >= 0.6 is 0 Å². The van der Waals surface area contributed by atoms with Crippen LogP contribution in [0, 0.1) is 5.41 Å². The summed E-state index contributed by atoms with van der Waals surface area (Å²) >= 11 is 0. The van der Waals surface area contributed by atoms with E-state index < -0.39 is 18.5 Å². The number of carbonyl (C=O) groups excluding carboxylic acids is 3. The molecule has 5 aromatic carbocycles. The maximum absolute atomic E-state index is 13.0. The van der Waals surface area contributed by atoms with Crippen LogP contribution in [-0.2, 0) is 58.0 Å². The number of aliphatic hydroxyl groups is 1. The number of aliphatic hydroxyl groups excluding tert-OH is 1. The molecule has 8 N–H and O–H groups in total. The summed E-state index contributed by atoms with van der Waals surface area (Å²) in [6.07, 6.45) is 11.1. The molecule has 6 aromatic heterocycles. The van der Waals surface area contributed by atoms with Crippen molar-refractivity contribution in [2.24, 2.45) is 26.6 Å². The Hall–Kier alpha value is -11.6. The first-order valence-electron chi connectivity index (χ1n) is 35.6. The number of benzene rings is 5. The fourth-order valence-electron chi connectivity index (χ4n) is 14.3. The van der Waals surface area contributed by atoms with Crippen molar-refractivity contribution in [1.82, 2.24) is 75.1 Å². The Balaban J connectivity index is 0.000000159. The van der Waals surface area contributed by atoms with Gasteiger partial charge in [0.05, 0.1) is 60.7 Å². The Labute approximate surface area is 610 Å². The topological polar surface area (TPSA) is 367 Å². The number of hydrogen-bond acceptors (Lipinski definition) is 19. The molecule has 1 aliphatic carbocycles. The van der Waals surface area contributed by atoms with Gasteiger partial charge in [-0.25, -0.2) is 30.7 Å². The number of hydroxylamine groups is 2. The molecule has 2 unspecified atom stereocenters. The first-order chi connectivity index (χ1) is 51.2. The van der Waals surface area contributed by atoms with Crippen molar-refractivity contribution in [3.8, 4) is 57.2 Å². The maximum Gasteiger partial charge on any atom is 0.341 e. The number of rotatable bonds is 22. The van der Waals surface area contributed by atoms with Crippen LogP contribution in [-0.4, -0.2) is 144 Å². The molecule has 28 nitrogen and oxygen atoms in total. The van der Waals surface area contributed by atoms with E-state index in [0.717, 1.165) is 82.6 Å². The zero-order valence-electron chi connectivity index (χ0n) is 61.2. The van der Waals surface area contributed by atoms with Crippen molar-refractivity contribution in [2.45, 2.75) is 112 Å². The second-order valence-corrected chi connectivity index (χ2v) is 26.2. The van der Waals surface area contributed by atoms with E-state index in [1.165, 1.54) is 11.6 Å². The first kappa shape index (κ1) is 75.5. The molecule has 7 heterocycles. The van der Waals surface area contributed by atoms with Crippen molar-refractivity contribution >= 4 is 56.9 Å². The van der Waals surface area contributed by atoms with Crippen LogP contribution in [0.5, 0.6) is 23.0 Å². The van der Waals surface area contributed by atoms with Crippen LogP contribution in [0.2, 0.25) is 0 Å². The maximum atomic E-state index is 13.0. The number of amides is 3. The molecule has 2 atom stereocenters. The predicted octanol–water partition coefficient (Wildman–Crippen LogP) is 10.2. The van der Waals surface area contributed by atoms with E-state index in [1.807, 2.05) is 114 Å². The van der Waals surface area contributed by atoms with Gasteiger partial charge < -0.3 is 43.9 Å². The molecular formula is C78H89N15O13. The molecule has 1 saturated heterocycles. The zero-order chi connectivity index (χ0) is 75.5. The van der Waals surface area contributed by atoms with Crippen LogP contribution in [0.3, 0.4) is 0 Å². The lowest BCUT2D eigenvalue weighted by Gasteiger charge is -2.40. The SMILES string of the molecule is CCOc1ccc(C2CCC3(CCCN(C(=O)NO)C3)C2)cc1-c1nc2c(CC)nn(C)c2c(=O)[nH]1.CCOc1ccc(Cc2ccc(/C=C/C(=O)NO)cc2)cc1-c1nc2c(CC)nn(C)c2c(=O)[nH]1.CCOc1ccc(Cc2ccc(C(=O)CO)cc2OC)cc1-c1nc2c(CC)nn(C)c2c(=O)[nH]1. The highest BCUT2D eigenvalue weighted by molar-refractivity contribution is 5.97. The predicted molar refractivity (Wildman–Crippen MR) is 401 cm³/mol. The normalized spacial score (nSPS) is 14.8. The van der Waals surface area contributed by atoms with E-state index in [-0.39, 0.29) is 27.9 Å². The van der Waals surface area contributed by atoms with Crippen molar-refractivity contribution in [3.05, 3.63) is 190 Å². The van der Waals surface area contributed by atoms with Gasteiger partial charge in [0.25, 0.3) is 22.6 Å². The molecule has 3 amide bonds. The summed E-state index contributed by atoms with van der Waals surface area (Å²) in [6.45, 7) is 13.9. The molecule has 1 aliphatic heterocycles. The van der Waals surface area contributed by atoms with Gasteiger partial charge in [-0.15, -0.1) is 0 Å². The van der Waals surface area contributed by atoms with Crippen LogP contribution in [0.25, 0.3) is 73.3 Å². The average molecular weight is 1440 g/mol. The Kier molecular flexibility index (Phi) is 23.8. The summed E-state index contributed by atoms with van der Waals surface area (Å²) in [4.78, 5) is 98.7. The summed E-state index contributed by atoms with van der Waals surface area (Å²) in [5, 5.41) is 40.2. The third kappa shape index (κ3) is 16.3. The molecule has 0 radical (unpaired) electrons. The zero-order valence-corrected chi connectivity index (χ0v) is 61.2. The number of methoxy groups -OCH3 is 1. The summed E-state index contributed by atoms with van der Waals surface area (Å²) in [5.74, 6) is 3.19. The minimum Gasteiger partial charge on any atom is -0.496 e. The number of aryl methyl sites for hydroxylation is 6. The van der Waals surface area contributed by atoms with E-state index >= 15 is 0 Å². The minimum atomic E-state index is -0.585. The Morgan fingerprint density at radius 3 is 1.53 bits per heavy atom. The highest BCUT2D eigenvalue weighted by Gasteiger charge is 2.44. The number of aromatic nitrogens is 12. The van der Waals surface area contributed by atoms with Gasteiger partial charge in [-0.1, -0.05) is 75.4 Å². The standard InChI is InChI=1S/C26H34N6O4.C26H27N5O4.C26H28N4O5/c1-4-19-21-22(31(3)29-19)24(33)28-23(27-21)18-13-16(7-8-20(18)36-5-2)17-9-11-26(14-17)10-6-12-32(15-26)25(34)30-35;1-4-20-23-24(31(3)29-20)26(33)28-25(27-23)19-15-18(10-12-21(19)35-5-2)14-17-8-6-16(7-9-17)11-13-22(32)30-34;1-5-19-23-24(30(3)29-19)26(33)28-25(27-23)18-12-15(7-10-21(18)35-6-2)11-17-9-8-16(20(32)14-31)13-22(17)34-4/h7-8,13,17,35H,4-6,9-12,14-15H2,1-3H3,(H,30,34)(H,27,28,33);6-13,15,34H,4-5,14H2,1-3H3,(H,30,32)(H,27,28,33);7-10,12-13,31H,5-6,11,14H2,1-4H3,(H,27,28,33)/b;13-11+;. The lowest BCUT2D eigenvalue weighted by atomic mass is 9.77. The lowest BCUT2D eigenvalue weighted by molar-refractivity contribution is -0.124. The largest absolute Gasteiger partial charge is 0.496 e. The van der Waals surface area contributed by atoms with Gasteiger partial charge in [0, 0.05) is 52.3 Å². The number of carbonyl (C=O) groups is 3. The number of nitrogens with one attached hydrogen (secondary N) is 5. The van der Waals surface area contributed by atoms with Gasteiger partial charge >= 0.3 is 6.03 Å². The molecule has 28 heteroatoms. The van der Waals surface area contributed by atoms with Crippen LogP contribution in [0.15, 0.2) is 118 Å². The fraction of sp³-hybridized carbons (Fsp3) is 0.359. The van der Waals surface area contributed by atoms with Gasteiger partial charge in [-0.3, -0.25) is 48.4 Å². The molecule has 106 heavy (non-hydrogen) atoms. The quantitative estimate of drug-likeness (QED) is 0.0135. The van der Waals surface area contributed by atoms with E-state index in [1.54, 1.807) is 76.4 Å². The molecular weight excluding hydrogens is 1350 g/mol. The van der Waals surface area contributed by atoms with Crippen molar-refractivity contribution in [1.29, 1.82) is 0 Å². The Bertz CT molecular complexity index is 5280. The van der Waals surface area contributed by atoms with Gasteiger partial charge in [0.15, 0.2) is 22.3 Å². The molecule has 1 saturated carbocycles. The Morgan fingerprint density at radius 2 is 1.07 bits per heavy atom. The third-order valence-corrected chi connectivity index (χ3v) is 19.3. The number of H-pyrrole nitrogens is 3. The molecule has 11 aromatic rings. The van der Waals surface area contributed by atoms with Crippen molar-refractivity contribution in [3.63, 3.8) is 0 Å². The monoisotopic (exact) mass is 1440 g/mol. The van der Waals surface area contributed by atoms with Crippen LogP contribution < -0.4 is 46.6 Å². The number of fused-ring (bicyclic) bond motifs is 3. The third-order valence-electron chi connectivity index (χ3n) is 19.3. The average Bonchev–Trinajstić information content (AvgIpc) is 1.56. The van der Waals surface area contributed by atoms with Gasteiger partial charge in [0.2, 0.25) is 0 Å². The molecule has 13 rings (SSSR count). The minimum absolute atomic E-state index is 0.0609. The number of hydrogen-bond donors (Lipinski definition) is 8. The fourth-order valence-corrected chi connectivity index (χ4v) is 14.3. The number of piperidine rings is 1. The lowest BCUT2D eigenvalue weighted by Crippen LogP contribution is -2.48. The number of Topliss-reactive ketones (excluding diaryl/α,β-unsaturated/α-hetero) is 1. The van der Waals surface area contributed by atoms with Gasteiger partial charge in [0.1, 0.15) is 63.6 Å². The van der Waals surface area contributed by atoms with Crippen molar-refractivity contribution < 1.29 is 48.9 Å². The molecule has 2 aliphatic rings. The van der Waals surface area contributed by atoms with Crippen LogP contribution in [0.1, 0.15) is 140 Å². The molecule has 554 valence electrons. The number of ether oxygens (including phenoxy) is 4. The van der Waals surface area contributed by atoms with E-state index in [0.29, 0.717) is 161 Å². The summed E-state index contributed by atoms with van der Waals surface area (Å²) in [6, 6.07) is 30.2. The number of likely N-dealkylation sites (tertiary alicyclic amines) is 1. The van der Waals surface area contributed by atoms with Crippen LogP contribution in [0.4, 0.5) is 4.79 Å². The number of urea groups is 1. The van der Waals surface area contributed by atoms with E-state index in [2.05, 4.69) is 42.4 Å². The highest BCUT2D eigenvalue weighted by Crippen LogP contribution is 2.52. The smallest absolute Gasteiger partial charge is 0.341 e. The van der Waals surface area contributed by atoms with Crippen molar-refractivity contribution in [2.75, 3.05) is 46.6 Å². The van der Waals surface area contributed by atoms with E-state index in [9.17, 15) is 28.8 Å². The first-order valence-corrected chi connectivity index (χ1v) is 35.6. The second kappa shape index (κ2) is 33.4. The highest BCUT2D eigenvalue weighted by atomic mass is 16.5. The second-order valence-electron chi connectivity index (χ2n) is 26.2. The molecule has 1 spiro atoms. The molecule has 0 bridgehead atoms. The summed E-state index contributed by atoms with van der Waals surface area (Å²) in [7, 11) is 6.78. The summed E-state index contributed by atoms with van der Waals surface area (Å²) < 4.78 is 27.8. The van der Waals surface area contributed by atoms with Gasteiger partial charge in [-0.05, 0) is 172 Å². The number of aromatic amines is 3. The number of ketones is 1. The Morgan fingerprint density at radius 1 is 0.585 bits per heavy atom. The number of nitrogens with zero attached hydrogens (tertiary/aromatic N) is 10.